The van der Waals surface area contributed by atoms with Gasteiger partial charge in [-0.15, -0.1) is 11.3 Å². The summed E-state index contributed by atoms with van der Waals surface area (Å²) < 4.78 is 37.4. The van der Waals surface area contributed by atoms with Crippen molar-refractivity contribution in [3.05, 3.63) is 84.7 Å². The van der Waals surface area contributed by atoms with E-state index >= 15 is 0 Å². The average Bonchev–Trinajstić information content (AvgIpc) is 4.04. The van der Waals surface area contributed by atoms with E-state index in [1.165, 1.54) is 9.58 Å². The minimum atomic E-state index is -3.91. The highest BCUT2D eigenvalue weighted by Gasteiger charge is 2.62. The lowest BCUT2D eigenvalue weighted by Gasteiger charge is -2.29. The van der Waals surface area contributed by atoms with E-state index in [-0.39, 0.29) is 31.0 Å². The van der Waals surface area contributed by atoms with Gasteiger partial charge in [0.2, 0.25) is 27.7 Å². The van der Waals surface area contributed by atoms with Crippen molar-refractivity contribution in [2.75, 3.05) is 6.54 Å². The molecule has 59 heavy (non-hydrogen) atoms. The van der Waals surface area contributed by atoms with E-state index in [0.717, 1.165) is 27.8 Å². The molecule has 3 fully saturated rings. The number of ether oxygens (including phenoxy) is 1. The first-order valence-electron chi connectivity index (χ1n) is 20.1. The summed E-state index contributed by atoms with van der Waals surface area (Å²) in [6.45, 7) is -0.0359. The molecule has 1 saturated heterocycles. The largest absolute Gasteiger partial charge is 0.471 e. The number of carbonyl (C=O) groups is 4. The highest BCUT2D eigenvalue weighted by Crippen LogP contribution is 2.46. The van der Waals surface area contributed by atoms with Gasteiger partial charge < -0.3 is 20.3 Å². The second kappa shape index (κ2) is 15.5. The average molecular weight is 837 g/mol. The summed E-state index contributed by atoms with van der Waals surface area (Å²) in [7, 11) is -2.22. The van der Waals surface area contributed by atoms with Gasteiger partial charge in [-0.3, -0.25) is 28.6 Å². The number of carbonyl (C=O) groups excluding carboxylic acids is 4. The SMILES string of the molecule is Cn1ccc(C(=O)N[C@H]2CCCCCC=C[C@@H]3C[C@@]3(C(=O)NS(=O)(=O)C3CC3)NC(=O)[C@@H]3C[C@@H](Oc4nc5ccccc5nc4-c4cc5ccccc5s4)CN3C2=O)n1. The summed E-state index contributed by atoms with van der Waals surface area (Å²) in [5, 5.41) is 10.4. The molecule has 4 aliphatic rings. The molecule has 0 radical (unpaired) electrons. The zero-order valence-electron chi connectivity index (χ0n) is 32.4. The minimum absolute atomic E-state index is 0.0252. The number of nitrogens with one attached hydrogen (secondary N) is 3. The van der Waals surface area contributed by atoms with Crippen molar-refractivity contribution in [2.24, 2.45) is 13.0 Å². The quantitative estimate of drug-likeness (QED) is 0.189. The third-order valence-corrected chi connectivity index (χ3v) is 14.5. The van der Waals surface area contributed by atoms with Crippen molar-refractivity contribution < 1.29 is 32.3 Å². The van der Waals surface area contributed by atoms with Crippen molar-refractivity contribution in [3.8, 4) is 16.5 Å². The number of aromatic nitrogens is 4. The van der Waals surface area contributed by atoms with Crippen molar-refractivity contribution in [3.63, 3.8) is 0 Å². The number of hydrogen-bond donors (Lipinski definition) is 3. The summed E-state index contributed by atoms with van der Waals surface area (Å²) >= 11 is 1.55. The molecule has 17 heteroatoms. The zero-order chi connectivity index (χ0) is 40.9. The van der Waals surface area contributed by atoms with Gasteiger partial charge in [-0.1, -0.05) is 55.3 Å². The smallest absolute Gasteiger partial charge is 0.272 e. The van der Waals surface area contributed by atoms with Crippen molar-refractivity contribution in [1.82, 2.24) is 40.0 Å². The lowest BCUT2D eigenvalue weighted by atomic mass is 10.0. The number of hydrogen-bond acceptors (Lipinski definition) is 11. The highest BCUT2D eigenvalue weighted by atomic mass is 32.2. The van der Waals surface area contributed by atoms with Crippen LogP contribution in [-0.2, 0) is 31.5 Å². The molecule has 2 aliphatic heterocycles. The van der Waals surface area contributed by atoms with Crippen LogP contribution in [0.5, 0.6) is 5.88 Å². The number of fused-ring (bicyclic) bond motifs is 4. The Morgan fingerprint density at radius 3 is 2.53 bits per heavy atom. The molecule has 15 nitrogen and oxygen atoms in total. The number of sulfonamides is 1. The molecule has 9 rings (SSSR count). The van der Waals surface area contributed by atoms with Gasteiger partial charge in [0, 0.05) is 30.3 Å². The Bertz CT molecular complexity index is 2590. The van der Waals surface area contributed by atoms with E-state index in [0.29, 0.717) is 48.8 Å². The molecule has 5 aromatic rings. The lowest BCUT2D eigenvalue weighted by molar-refractivity contribution is -0.141. The first kappa shape index (κ1) is 38.8. The van der Waals surface area contributed by atoms with Gasteiger partial charge in [0.05, 0.1) is 27.7 Å². The molecule has 3 N–H and O–H groups in total. The number of nitrogens with zero attached hydrogens (tertiary/aromatic N) is 5. The van der Waals surface area contributed by atoms with Gasteiger partial charge in [-0.2, -0.15) is 5.10 Å². The van der Waals surface area contributed by atoms with Crippen LogP contribution < -0.4 is 20.1 Å². The lowest BCUT2D eigenvalue weighted by Crippen LogP contribution is -2.58. The fourth-order valence-corrected chi connectivity index (χ4v) is 10.5. The molecule has 2 saturated carbocycles. The number of para-hydroxylation sites is 2. The predicted molar refractivity (Wildman–Crippen MR) is 221 cm³/mol. The molecule has 2 aromatic carbocycles. The molecule has 5 heterocycles. The second-order valence-electron chi connectivity index (χ2n) is 15.9. The van der Waals surface area contributed by atoms with Gasteiger partial charge in [0.15, 0.2) is 0 Å². The standard InChI is InChI=1S/C42H44N8O7S2/c1-49-20-19-31(47-49)37(51)44-32-15-6-4-2-3-5-12-26-23-42(26,41(54)48-59(55,56)28-17-18-28)46-38(52)33-22-27(24-50(33)40(32)53)57-39-36(43-29-13-8-9-14-30(29)45-39)35-21-25-11-7-10-16-34(25)58-35/h5,7-14,16,19-21,26-28,32-33H,2-4,6,15,17-18,22-24H2,1H3,(H,44,51)(H,46,52)(H,48,54)/t26-,27-,32+,33+,42-/m1/s1. The number of benzene rings is 2. The van der Waals surface area contributed by atoms with Crippen LogP contribution in [0.15, 0.2) is 79.0 Å². The van der Waals surface area contributed by atoms with E-state index in [1.807, 2.05) is 66.7 Å². The molecule has 4 amide bonds. The molecule has 2 aliphatic carbocycles. The number of amides is 4. The number of rotatable bonds is 8. The van der Waals surface area contributed by atoms with Crippen LogP contribution in [0.25, 0.3) is 31.7 Å². The maximum Gasteiger partial charge on any atom is 0.272 e. The molecular weight excluding hydrogens is 793 g/mol. The first-order valence-corrected chi connectivity index (χ1v) is 22.4. The second-order valence-corrected chi connectivity index (χ2v) is 19.0. The molecule has 3 aromatic heterocycles. The van der Waals surface area contributed by atoms with E-state index in [9.17, 15) is 27.6 Å². The first-order chi connectivity index (χ1) is 28.5. The Morgan fingerprint density at radius 1 is 0.983 bits per heavy atom. The molecule has 0 bridgehead atoms. The predicted octanol–water partition coefficient (Wildman–Crippen LogP) is 4.40. The van der Waals surface area contributed by atoms with Crippen LogP contribution in [0.4, 0.5) is 0 Å². The van der Waals surface area contributed by atoms with Crippen molar-refractivity contribution >= 4 is 66.1 Å². The topological polar surface area (TPSA) is 195 Å². The van der Waals surface area contributed by atoms with Crippen LogP contribution in [-0.4, -0.2) is 92.2 Å². The third kappa shape index (κ3) is 7.92. The maximum atomic E-state index is 14.8. The highest BCUT2D eigenvalue weighted by molar-refractivity contribution is 7.91. The van der Waals surface area contributed by atoms with Crippen LogP contribution in [0, 0.1) is 5.92 Å². The summed E-state index contributed by atoms with van der Waals surface area (Å²) in [6.07, 6.45) is 9.06. The Balaban J connectivity index is 1.06. The molecular formula is C42H44N8O7S2. The summed E-state index contributed by atoms with van der Waals surface area (Å²) in [6, 6.07) is 16.9. The van der Waals surface area contributed by atoms with Crippen molar-refractivity contribution in [1.29, 1.82) is 0 Å². The summed E-state index contributed by atoms with van der Waals surface area (Å²) in [4.78, 5) is 68.8. The van der Waals surface area contributed by atoms with E-state index in [2.05, 4.69) is 20.5 Å². The maximum absolute atomic E-state index is 14.8. The van der Waals surface area contributed by atoms with Gasteiger partial charge in [-0.05, 0) is 74.2 Å². The van der Waals surface area contributed by atoms with Gasteiger partial charge in [0.25, 0.3) is 11.8 Å². The Morgan fingerprint density at radius 2 is 1.76 bits per heavy atom. The van der Waals surface area contributed by atoms with Crippen LogP contribution in [0.1, 0.15) is 68.3 Å². The number of allylic oxidation sites excluding steroid dienone is 1. The molecule has 306 valence electrons. The van der Waals surface area contributed by atoms with Crippen LogP contribution >= 0.6 is 11.3 Å². The molecule has 0 unspecified atom stereocenters. The normalized spacial score (nSPS) is 25.1. The number of aryl methyl sites for hydroxylation is 1. The van der Waals surface area contributed by atoms with Crippen LogP contribution in [0.2, 0.25) is 0 Å². The van der Waals surface area contributed by atoms with E-state index in [1.54, 1.807) is 30.6 Å². The fraction of sp³-hybridized carbons (Fsp3) is 0.405. The molecule has 5 atom stereocenters. The van der Waals surface area contributed by atoms with Crippen molar-refractivity contribution in [2.45, 2.75) is 86.8 Å². The number of thiophene rings is 1. The van der Waals surface area contributed by atoms with Crippen LogP contribution in [0.3, 0.4) is 0 Å². The van der Waals surface area contributed by atoms with Gasteiger partial charge in [0.1, 0.15) is 35.1 Å². The zero-order valence-corrected chi connectivity index (χ0v) is 34.0. The Hall–Kier alpha value is -5.68. The monoisotopic (exact) mass is 836 g/mol. The van der Waals surface area contributed by atoms with E-state index in [4.69, 9.17) is 14.7 Å². The fourth-order valence-electron chi connectivity index (χ4n) is 8.10. The Kier molecular flexibility index (Phi) is 10.2. The van der Waals surface area contributed by atoms with Gasteiger partial charge in [-0.25, -0.2) is 18.4 Å². The summed E-state index contributed by atoms with van der Waals surface area (Å²) in [5.74, 6) is -2.62. The Labute approximate surface area is 344 Å². The summed E-state index contributed by atoms with van der Waals surface area (Å²) in [5.41, 5.74) is 0.427. The molecule has 0 spiro atoms. The minimum Gasteiger partial charge on any atom is -0.471 e. The van der Waals surface area contributed by atoms with Gasteiger partial charge >= 0.3 is 0 Å². The third-order valence-electron chi connectivity index (χ3n) is 11.6. The van der Waals surface area contributed by atoms with E-state index < -0.39 is 68.5 Å².